The van der Waals surface area contributed by atoms with E-state index in [-0.39, 0.29) is 16.1 Å². The van der Waals surface area contributed by atoms with Crippen LogP contribution in [0.4, 0.5) is 0 Å². The minimum absolute atomic E-state index is 0.0526. The molecule has 0 unspecified atom stereocenters. The highest BCUT2D eigenvalue weighted by Crippen LogP contribution is 2.48. The summed E-state index contributed by atoms with van der Waals surface area (Å²) in [5.41, 5.74) is 0.603. The number of carboxylic acids is 1. The van der Waals surface area contributed by atoms with Crippen LogP contribution in [0.2, 0.25) is 0 Å². The number of rotatable bonds is 6. The predicted molar refractivity (Wildman–Crippen MR) is 87.7 cm³/mol. The number of thiophene rings is 1. The lowest BCUT2D eigenvalue weighted by Crippen LogP contribution is -2.28. The van der Waals surface area contributed by atoms with Crippen molar-refractivity contribution in [1.29, 1.82) is 0 Å². The van der Waals surface area contributed by atoms with Gasteiger partial charge < -0.3 is 5.11 Å². The first-order valence-corrected chi connectivity index (χ1v) is 9.51. The highest BCUT2D eigenvalue weighted by atomic mass is 32.2. The van der Waals surface area contributed by atoms with Crippen LogP contribution in [0.1, 0.15) is 12.8 Å². The third kappa shape index (κ3) is 2.97. The van der Waals surface area contributed by atoms with Gasteiger partial charge in [0.2, 0.25) is 0 Å². The lowest BCUT2D eigenvalue weighted by molar-refractivity contribution is -0.133. The van der Waals surface area contributed by atoms with Crippen molar-refractivity contribution in [3.8, 4) is 0 Å². The van der Waals surface area contributed by atoms with Crippen LogP contribution >= 0.6 is 34.9 Å². The molecule has 0 atom stereocenters. The molecule has 3 rings (SSSR count). The number of hydrogen-bond acceptors (Lipinski definition) is 6. The summed E-state index contributed by atoms with van der Waals surface area (Å²) >= 11 is 4.27. The van der Waals surface area contributed by atoms with Crippen LogP contribution < -0.4 is 5.56 Å². The number of carbonyl (C=O) groups is 1. The molecule has 1 N–H and O–H groups in total. The van der Waals surface area contributed by atoms with E-state index in [1.165, 1.54) is 11.3 Å². The second-order valence-corrected chi connectivity index (χ2v) is 8.12. The van der Waals surface area contributed by atoms with Crippen molar-refractivity contribution in [2.75, 3.05) is 12.0 Å². The predicted octanol–water partition coefficient (Wildman–Crippen LogP) is 2.53. The molecule has 1 aliphatic carbocycles. The van der Waals surface area contributed by atoms with Crippen molar-refractivity contribution < 1.29 is 9.90 Å². The third-order valence-electron chi connectivity index (χ3n) is 3.54. The number of hydrogen-bond donors (Lipinski definition) is 1. The van der Waals surface area contributed by atoms with Crippen molar-refractivity contribution >= 4 is 51.0 Å². The van der Waals surface area contributed by atoms with Crippen LogP contribution in [0.25, 0.3) is 10.2 Å². The Morgan fingerprint density at radius 1 is 1.57 bits per heavy atom. The summed E-state index contributed by atoms with van der Waals surface area (Å²) in [6.07, 6.45) is 4.23. The van der Waals surface area contributed by atoms with Gasteiger partial charge in [0.25, 0.3) is 5.56 Å². The van der Waals surface area contributed by atoms with Crippen LogP contribution in [-0.4, -0.2) is 37.4 Å². The van der Waals surface area contributed by atoms with Crippen molar-refractivity contribution in [1.82, 2.24) is 9.55 Å². The van der Waals surface area contributed by atoms with Crippen LogP contribution in [-0.2, 0) is 11.3 Å². The summed E-state index contributed by atoms with van der Waals surface area (Å²) in [6, 6.07) is 1.80. The Hall–Kier alpha value is -0.990. The maximum Gasteiger partial charge on any atom is 0.313 e. The SMILES string of the molecule is CSC1(Cn2c(SCC(=O)O)nc3ccsc3c2=O)CC1. The smallest absolute Gasteiger partial charge is 0.313 e. The molecule has 2 aromatic rings. The van der Waals surface area contributed by atoms with Gasteiger partial charge in [-0.05, 0) is 30.5 Å². The van der Waals surface area contributed by atoms with Crippen molar-refractivity contribution in [2.45, 2.75) is 29.3 Å². The molecule has 21 heavy (non-hydrogen) atoms. The van der Waals surface area contributed by atoms with Crippen LogP contribution in [0, 0.1) is 0 Å². The summed E-state index contributed by atoms with van der Waals surface area (Å²) in [5, 5.41) is 11.2. The second kappa shape index (κ2) is 5.66. The molecule has 0 saturated heterocycles. The van der Waals surface area contributed by atoms with Gasteiger partial charge in [0, 0.05) is 11.3 Å². The molecule has 5 nitrogen and oxygen atoms in total. The van der Waals surface area contributed by atoms with E-state index < -0.39 is 5.97 Å². The zero-order valence-corrected chi connectivity index (χ0v) is 13.8. The van der Waals surface area contributed by atoms with Gasteiger partial charge >= 0.3 is 5.97 Å². The van der Waals surface area contributed by atoms with Gasteiger partial charge in [-0.15, -0.1) is 11.3 Å². The second-order valence-electron chi connectivity index (χ2n) is 4.99. The molecule has 0 radical (unpaired) electrons. The van der Waals surface area contributed by atoms with E-state index in [1.54, 1.807) is 22.4 Å². The molecule has 1 aliphatic rings. The lowest BCUT2D eigenvalue weighted by atomic mass is 10.4. The Morgan fingerprint density at radius 3 is 2.95 bits per heavy atom. The standard InChI is InChI=1S/C13H14N2O3S3/c1-19-13(3-4-13)7-15-11(18)10-8(2-5-20-10)14-12(15)21-6-9(16)17/h2,5H,3-4,6-7H2,1H3,(H,16,17). The highest BCUT2D eigenvalue weighted by Gasteiger charge is 2.43. The van der Waals surface area contributed by atoms with E-state index in [9.17, 15) is 9.59 Å². The summed E-state index contributed by atoms with van der Waals surface area (Å²) in [6.45, 7) is 0.607. The quantitative estimate of drug-likeness (QED) is 0.642. The molecule has 0 bridgehead atoms. The lowest BCUT2D eigenvalue weighted by Gasteiger charge is -2.17. The fourth-order valence-corrected chi connectivity index (χ4v) is 4.42. The zero-order valence-electron chi connectivity index (χ0n) is 11.4. The minimum Gasteiger partial charge on any atom is -0.481 e. The van der Waals surface area contributed by atoms with E-state index in [1.807, 2.05) is 5.38 Å². The highest BCUT2D eigenvalue weighted by molar-refractivity contribution is 8.00. The van der Waals surface area contributed by atoms with Gasteiger partial charge in [-0.25, -0.2) is 4.98 Å². The molecular weight excluding hydrogens is 328 g/mol. The molecular formula is C13H14N2O3S3. The van der Waals surface area contributed by atoms with Crippen molar-refractivity contribution in [3.63, 3.8) is 0 Å². The van der Waals surface area contributed by atoms with E-state index in [0.717, 1.165) is 24.6 Å². The largest absolute Gasteiger partial charge is 0.481 e. The molecule has 2 heterocycles. The number of carboxylic acid groups (broad SMARTS) is 1. The van der Waals surface area contributed by atoms with Gasteiger partial charge in [-0.3, -0.25) is 14.2 Å². The monoisotopic (exact) mass is 342 g/mol. The molecule has 0 spiro atoms. The number of aromatic nitrogens is 2. The third-order valence-corrected chi connectivity index (χ3v) is 6.80. The van der Waals surface area contributed by atoms with Crippen LogP contribution in [0.15, 0.2) is 21.4 Å². The van der Waals surface area contributed by atoms with Gasteiger partial charge in [0.15, 0.2) is 5.16 Å². The van der Waals surface area contributed by atoms with Crippen LogP contribution in [0.5, 0.6) is 0 Å². The van der Waals surface area contributed by atoms with E-state index in [0.29, 0.717) is 21.9 Å². The maximum atomic E-state index is 12.6. The summed E-state index contributed by atoms with van der Waals surface area (Å²) in [4.78, 5) is 27.9. The van der Waals surface area contributed by atoms with E-state index in [4.69, 9.17) is 5.11 Å². The Morgan fingerprint density at radius 2 is 2.33 bits per heavy atom. The first-order chi connectivity index (χ1) is 10.0. The normalized spacial score (nSPS) is 16.2. The van der Waals surface area contributed by atoms with Crippen molar-refractivity contribution in [2.24, 2.45) is 0 Å². The van der Waals surface area contributed by atoms with Gasteiger partial charge in [-0.1, -0.05) is 11.8 Å². The summed E-state index contributed by atoms with van der Waals surface area (Å²) in [5.74, 6) is -0.994. The average Bonchev–Trinajstić information content (AvgIpc) is 3.07. The first kappa shape index (κ1) is 14.9. The topological polar surface area (TPSA) is 72.2 Å². The Bertz CT molecular complexity index is 749. The van der Waals surface area contributed by atoms with Gasteiger partial charge in [0.1, 0.15) is 4.70 Å². The zero-order chi connectivity index (χ0) is 15.0. The molecule has 1 fully saturated rings. The number of nitrogens with zero attached hydrogens (tertiary/aromatic N) is 2. The molecule has 2 aromatic heterocycles. The van der Waals surface area contributed by atoms with Gasteiger partial charge in [-0.2, -0.15) is 11.8 Å². The molecule has 0 aliphatic heterocycles. The van der Waals surface area contributed by atoms with Crippen LogP contribution in [0.3, 0.4) is 0 Å². The molecule has 0 amide bonds. The first-order valence-electron chi connectivity index (χ1n) is 6.42. The molecule has 1 saturated carbocycles. The summed E-state index contributed by atoms with van der Waals surface area (Å²) < 4.78 is 2.43. The Balaban J connectivity index is 2.04. The maximum absolute atomic E-state index is 12.6. The van der Waals surface area contributed by atoms with E-state index in [2.05, 4.69) is 11.2 Å². The van der Waals surface area contributed by atoms with Gasteiger partial charge in [0.05, 0.1) is 11.3 Å². The number of thioether (sulfide) groups is 2. The van der Waals surface area contributed by atoms with Crippen molar-refractivity contribution in [3.05, 3.63) is 21.8 Å². The minimum atomic E-state index is -0.905. The number of aliphatic carboxylic acids is 1. The fraction of sp³-hybridized carbons (Fsp3) is 0.462. The fourth-order valence-electron chi connectivity index (χ4n) is 2.15. The van der Waals surface area contributed by atoms with E-state index >= 15 is 0 Å². The molecule has 112 valence electrons. The number of fused-ring (bicyclic) bond motifs is 1. The Kier molecular flexibility index (Phi) is 4.02. The molecule has 0 aromatic carbocycles. The summed E-state index contributed by atoms with van der Waals surface area (Å²) in [7, 11) is 0. The Labute approximate surface area is 133 Å². The molecule has 8 heteroatoms. The average molecular weight is 342 g/mol.